The molecule has 2 heterocycles. The van der Waals surface area contributed by atoms with Crippen molar-refractivity contribution in [2.75, 3.05) is 19.0 Å². The molecule has 36 heavy (non-hydrogen) atoms. The van der Waals surface area contributed by atoms with Crippen LogP contribution < -0.4 is 25.7 Å². The van der Waals surface area contributed by atoms with Crippen LogP contribution in [0.4, 0.5) is 23.1 Å². The number of aromatic amines is 1. The fraction of sp³-hybridized carbons (Fsp3) is 0.360. The molecule has 0 spiro atoms. The maximum atomic E-state index is 12.9. The number of hydrogen-bond acceptors (Lipinski definition) is 5. The summed E-state index contributed by atoms with van der Waals surface area (Å²) in [4.78, 5) is 7.89. The van der Waals surface area contributed by atoms with E-state index in [1.807, 2.05) is 6.07 Å². The number of nitrogens with zero attached hydrogens (tertiary/aromatic N) is 1. The van der Waals surface area contributed by atoms with E-state index in [0.717, 1.165) is 24.1 Å². The molecule has 1 aliphatic heterocycles. The number of nitrogens with one attached hydrogen (secondary N) is 2. The third-order valence-corrected chi connectivity index (χ3v) is 9.43. The Hall–Kier alpha value is -2.43. The molecule has 0 saturated heterocycles. The average Bonchev–Trinajstić information content (AvgIpc) is 2.83. The number of anilines is 2. The SMILES string of the molecule is COc1cc2c(c(Cl)c1Nc1nc([NH2+]c3ccccc3S(=O)(=O)C(C)C)c(Cl)c[nH+]1)CC[NH2+]C2(C)C. The molecule has 0 fully saturated rings. The number of H-pyrrole nitrogens is 1. The molecule has 0 aliphatic carbocycles. The molecule has 11 heteroatoms. The standard InChI is InChI=1S/C25H29Cl2N5O3S/c1-14(2)36(33,34)20-9-7-6-8-18(20)30-23-17(26)13-28-24(32-23)31-22-19(35-5)12-16-15(21(22)27)10-11-29-25(16,3)4/h6-9,12-14,29H,10-11H2,1-5H3,(H2,28,30,31,32)/p+3. The summed E-state index contributed by atoms with van der Waals surface area (Å²) in [6, 6.07) is 8.84. The average molecular weight is 554 g/mol. The molecule has 3 aromatic rings. The lowest BCUT2D eigenvalue weighted by molar-refractivity contribution is -0.732. The van der Waals surface area contributed by atoms with E-state index in [1.165, 1.54) is 0 Å². The number of quaternary nitrogens is 2. The van der Waals surface area contributed by atoms with Gasteiger partial charge in [0.05, 0.1) is 30.1 Å². The van der Waals surface area contributed by atoms with Gasteiger partial charge in [0.2, 0.25) is 0 Å². The Morgan fingerprint density at radius 3 is 2.67 bits per heavy atom. The van der Waals surface area contributed by atoms with E-state index in [0.29, 0.717) is 38.9 Å². The van der Waals surface area contributed by atoms with Crippen LogP contribution in [-0.4, -0.2) is 32.3 Å². The fourth-order valence-electron chi connectivity index (χ4n) is 4.41. The number of aromatic nitrogens is 2. The molecular weight excluding hydrogens is 521 g/mol. The Balaban J connectivity index is 1.72. The van der Waals surface area contributed by atoms with E-state index in [2.05, 4.69) is 34.4 Å². The van der Waals surface area contributed by atoms with Crippen molar-refractivity contribution in [3.63, 3.8) is 0 Å². The predicted molar refractivity (Wildman–Crippen MR) is 141 cm³/mol. The van der Waals surface area contributed by atoms with Gasteiger partial charge in [-0.2, -0.15) is 0 Å². The number of hydrogen-bond donors (Lipinski definition) is 3. The first kappa shape index (κ1) is 26.6. The lowest BCUT2D eigenvalue weighted by Gasteiger charge is -2.31. The van der Waals surface area contributed by atoms with Gasteiger partial charge in [-0.25, -0.2) is 24.0 Å². The molecule has 1 aromatic heterocycles. The molecule has 192 valence electrons. The Kier molecular flexibility index (Phi) is 7.50. The van der Waals surface area contributed by atoms with Crippen LogP contribution in [0.2, 0.25) is 10.0 Å². The van der Waals surface area contributed by atoms with Crippen molar-refractivity contribution >= 4 is 56.2 Å². The summed E-state index contributed by atoms with van der Waals surface area (Å²) < 4.78 is 31.4. The second kappa shape index (κ2) is 10.1. The first-order valence-corrected chi connectivity index (χ1v) is 14.0. The normalized spacial score (nSPS) is 15.0. The second-order valence-electron chi connectivity index (χ2n) is 9.64. The summed E-state index contributed by atoms with van der Waals surface area (Å²) in [6.45, 7) is 8.59. The zero-order valence-corrected chi connectivity index (χ0v) is 23.3. The van der Waals surface area contributed by atoms with Gasteiger partial charge < -0.3 is 10.1 Å². The highest BCUT2D eigenvalue weighted by Gasteiger charge is 2.35. The van der Waals surface area contributed by atoms with E-state index in [9.17, 15) is 8.42 Å². The summed E-state index contributed by atoms with van der Waals surface area (Å²) in [5.41, 5.74) is 3.24. The van der Waals surface area contributed by atoms with E-state index in [-0.39, 0.29) is 10.4 Å². The largest absolute Gasteiger partial charge is 0.493 e. The number of fused-ring (bicyclic) bond motifs is 1. The van der Waals surface area contributed by atoms with E-state index < -0.39 is 15.1 Å². The van der Waals surface area contributed by atoms with Crippen LogP contribution in [0, 0.1) is 0 Å². The Bertz CT molecular complexity index is 1410. The number of sulfone groups is 1. The zero-order chi connectivity index (χ0) is 26.3. The summed E-state index contributed by atoms with van der Waals surface area (Å²) >= 11 is 13.3. The smallest absolute Gasteiger partial charge is 0.399 e. The Labute approximate surface area is 221 Å². The van der Waals surface area contributed by atoms with Gasteiger partial charge in [-0.15, -0.1) is 0 Å². The van der Waals surface area contributed by atoms with Crippen molar-refractivity contribution in [2.45, 2.75) is 49.8 Å². The van der Waals surface area contributed by atoms with Gasteiger partial charge in [0, 0.05) is 18.1 Å². The van der Waals surface area contributed by atoms with Crippen molar-refractivity contribution in [1.82, 2.24) is 4.98 Å². The lowest BCUT2D eigenvalue weighted by atomic mass is 9.84. The van der Waals surface area contributed by atoms with Gasteiger partial charge in [0.15, 0.2) is 32.0 Å². The summed E-state index contributed by atoms with van der Waals surface area (Å²) in [5.74, 6) is 1.40. The molecule has 8 nitrogen and oxygen atoms in total. The summed E-state index contributed by atoms with van der Waals surface area (Å²) in [7, 11) is -1.89. The highest BCUT2D eigenvalue weighted by atomic mass is 35.5. The number of ether oxygens (including phenoxy) is 1. The molecular formula is C25H32Cl2N5O3S+3. The minimum atomic E-state index is -3.49. The van der Waals surface area contributed by atoms with Crippen molar-refractivity contribution in [1.29, 1.82) is 0 Å². The highest BCUT2D eigenvalue weighted by molar-refractivity contribution is 7.92. The van der Waals surface area contributed by atoms with Crippen molar-refractivity contribution < 1.29 is 28.8 Å². The van der Waals surface area contributed by atoms with Gasteiger partial charge in [0.1, 0.15) is 10.4 Å². The van der Waals surface area contributed by atoms with Crippen LogP contribution in [0.5, 0.6) is 5.75 Å². The Morgan fingerprint density at radius 2 is 1.97 bits per heavy atom. The van der Waals surface area contributed by atoms with Crippen molar-refractivity contribution in [2.24, 2.45) is 0 Å². The molecule has 0 atom stereocenters. The van der Waals surface area contributed by atoms with Crippen LogP contribution in [-0.2, 0) is 21.8 Å². The van der Waals surface area contributed by atoms with Crippen molar-refractivity contribution in [3.05, 3.63) is 57.7 Å². The van der Waals surface area contributed by atoms with Gasteiger partial charge in [-0.3, -0.25) is 0 Å². The number of benzene rings is 2. The number of rotatable bonds is 7. The molecule has 0 bridgehead atoms. The molecule has 0 amide bonds. The molecule has 2 aromatic carbocycles. The molecule has 0 saturated carbocycles. The van der Waals surface area contributed by atoms with Crippen LogP contribution >= 0.6 is 23.2 Å². The van der Waals surface area contributed by atoms with E-state index >= 15 is 0 Å². The van der Waals surface area contributed by atoms with Crippen LogP contribution in [0.15, 0.2) is 41.4 Å². The molecule has 6 N–H and O–H groups in total. The highest BCUT2D eigenvalue weighted by Crippen LogP contribution is 2.42. The lowest BCUT2D eigenvalue weighted by Crippen LogP contribution is -2.95. The Morgan fingerprint density at radius 1 is 1.25 bits per heavy atom. The topological polar surface area (TPSA) is 116 Å². The van der Waals surface area contributed by atoms with Crippen molar-refractivity contribution in [3.8, 4) is 5.75 Å². The number of nitrogens with two attached hydrogens (primary N) is 2. The minimum absolute atomic E-state index is 0.112. The fourth-order valence-corrected chi connectivity index (χ4v) is 6.13. The maximum absolute atomic E-state index is 12.9. The van der Waals surface area contributed by atoms with Gasteiger partial charge in [0.25, 0.3) is 0 Å². The van der Waals surface area contributed by atoms with Gasteiger partial charge in [-0.1, -0.05) is 35.3 Å². The number of para-hydroxylation sites is 1. The summed E-state index contributed by atoms with van der Waals surface area (Å²) in [6.07, 6.45) is 2.44. The molecule has 1 aliphatic rings. The second-order valence-corrected chi connectivity index (χ2v) is 12.9. The molecule has 4 rings (SSSR count). The molecule has 0 radical (unpaired) electrons. The van der Waals surface area contributed by atoms with Crippen LogP contribution in [0.1, 0.15) is 38.8 Å². The van der Waals surface area contributed by atoms with Crippen LogP contribution in [0.25, 0.3) is 0 Å². The van der Waals surface area contributed by atoms with E-state index in [1.54, 1.807) is 56.7 Å². The first-order chi connectivity index (χ1) is 17.0. The number of halogens is 2. The quantitative estimate of drug-likeness (QED) is 0.389. The minimum Gasteiger partial charge on any atom is -0.493 e. The monoisotopic (exact) mass is 552 g/mol. The van der Waals surface area contributed by atoms with Gasteiger partial charge in [-0.05, 0) is 50.4 Å². The summed E-state index contributed by atoms with van der Waals surface area (Å²) in [5, 5.41) is 7.60. The maximum Gasteiger partial charge on any atom is 0.399 e. The number of methoxy groups -OCH3 is 1. The van der Waals surface area contributed by atoms with Crippen LogP contribution in [0.3, 0.4) is 0 Å². The molecule has 0 unspecified atom stereocenters. The third kappa shape index (κ3) is 5.03. The predicted octanol–water partition coefficient (Wildman–Crippen LogP) is 3.02. The zero-order valence-electron chi connectivity index (χ0n) is 20.9. The van der Waals surface area contributed by atoms with Gasteiger partial charge >= 0.3 is 11.8 Å². The third-order valence-electron chi connectivity index (χ3n) is 6.49. The first-order valence-electron chi connectivity index (χ1n) is 11.7. The van der Waals surface area contributed by atoms with E-state index in [4.69, 9.17) is 27.9 Å².